The van der Waals surface area contributed by atoms with Gasteiger partial charge in [-0.3, -0.25) is 19.6 Å². The molecule has 0 spiro atoms. The van der Waals surface area contributed by atoms with Crippen LogP contribution in [0.25, 0.3) is 16.6 Å². The lowest BCUT2D eigenvalue weighted by atomic mass is 9.99. The van der Waals surface area contributed by atoms with Crippen molar-refractivity contribution in [3.63, 3.8) is 0 Å². The highest BCUT2D eigenvalue weighted by atomic mass is 16.5. The van der Waals surface area contributed by atoms with Gasteiger partial charge >= 0.3 is 0 Å². The first-order valence-electron chi connectivity index (χ1n) is 11.8. The van der Waals surface area contributed by atoms with Crippen molar-refractivity contribution >= 4 is 22.5 Å². The third-order valence-electron chi connectivity index (χ3n) is 6.28. The summed E-state index contributed by atoms with van der Waals surface area (Å²) in [6.45, 7) is 3.46. The van der Waals surface area contributed by atoms with E-state index in [1.165, 1.54) is 0 Å². The van der Waals surface area contributed by atoms with Gasteiger partial charge in [-0.25, -0.2) is 0 Å². The van der Waals surface area contributed by atoms with Gasteiger partial charge in [0.15, 0.2) is 11.6 Å². The summed E-state index contributed by atoms with van der Waals surface area (Å²) in [6, 6.07) is 18.9. The standard InChI is InChI=1S/C30H25N3O3/c1-20-25(28(35)9-6-22-10-14-31-15-11-22)4-3-5-29(20)36-30-12-16-32-27-18-24(7-8-26(27)30)33-17-13-23(19-33)21(2)34/h3-5,7-8,10-19H,6,9H2,1-2H3. The first-order chi connectivity index (χ1) is 17.5. The minimum absolute atomic E-state index is 0.0248. The molecule has 0 N–H and O–H groups in total. The lowest BCUT2D eigenvalue weighted by molar-refractivity contribution is 0.0980. The number of ether oxygens (including phenoxy) is 1. The van der Waals surface area contributed by atoms with E-state index >= 15 is 0 Å². The topological polar surface area (TPSA) is 74.1 Å². The SMILES string of the molecule is CC(=O)c1ccn(-c2ccc3c(Oc4cccc(C(=O)CCc5ccncc5)c4C)ccnc3c2)c1. The lowest BCUT2D eigenvalue weighted by Crippen LogP contribution is -2.04. The Bertz CT molecular complexity index is 1570. The quantitative estimate of drug-likeness (QED) is 0.238. The number of benzene rings is 2. The zero-order chi connectivity index (χ0) is 25.1. The fourth-order valence-electron chi connectivity index (χ4n) is 4.21. The molecule has 0 radical (unpaired) electrons. The maximum absolute atomic E-state index is 13.0. The van der Waals surface area contributed by atoms with Crippen molar-refractivity contribution in [1.82, 2.24) is 14.5 Å². The summed E-state index contributed by atoms with van der Waals surface area (Å²) < 4.78 is 8.20. The van der Waals surface area contributed by atoms with Gasteiger partial charge < -0.3 is 9.30 Å². The zero-order valence-electron chi connectivity index (χ0n) is 20.1. The van der Waals surface area contributed by atoms with Gasteiger partial charge in [0, 0.05) is 65.2 Å². The van der Waals surface area contributed by atoms with E-state index < -0.39 is 0 Å². The van der Waals surface area contributed by atoms with Crippen LogP contribution in [0.1, 0.15) is 45.2 Å². The normalized spacial score (nSPS) is 10.9. The molecule has 0 amide bonds. The second-order valence-corrected chi connectivity index (χ2v) is 8.68. The first kappa shape index (κ1) is 23.2. The highest BCUT2D eigenvalue weighted by molar-refractivity contribution is 5.98. The highest BCUT2D eigenvalue weighted by Gasteiger charge is 2.15. The number of fused-ring (bicyclic) bond motifs is 1. The van der Waals surface area contributed by atoms with Crippen molar-refractivity contribution < 1.29 is 14.3 Å². The minimum atomic E-state index is 0.0248. The van der Waals surface area contributed by atoms with Crippen LogP contribution >= 0.6 is 0 Å². The molecule has 0 saturated heterocycles. The Balaban J connectivity index is 1.39. The number of nitrogens with zero attached hydrogens (tertiary/aromatic N) is 3. The van der Waals surface area contributed by atoms with E-state index in [1.54, 1.807) is 31.6 Å². The second-order valence-electron chi connectivity index (χ2n) is 8.68. The molecule has 2 aromatic carbocycles. The molecule has 5 aromatic rings. The minimum Gasteiger partial charge on any atom is -0.456 e. The molecule has 0 fully saturated rings. The summed E-state index contributed by atoms with van der Waals surface area (Å²) in [4.78, 5) is 33.2. The first-order valence-corrected chi connectivity index (χ1v) is 11.8. The number of carbonyl (C=O) groups excluding carboxylic acids is 2. The van der Waals surface area contributed by atoms with E-state index in [4.69, 9.17) is 4.74 Å². The molecule has 5 rings (SSSR count). The Kier molecular flexibility index (Phi) is 6.41. The molecule has 0 saturated carbocycles. The number of pyridine rings is 2. The maximum atomic E-state index is 13.0. The molecule has 0 aliphatic carbocycles. The van der Waals surface area contributed by atoms with E-state index in [0.29, 0.717) is 35.5 Å². The maximum Gasteiger partial charge on any atom is 0.163 e. The van der Waals surface area contributed by atoms with Crippen molar-refractivity contribution in [2.45, 2.75) is 26.7 Å². The predicted molar refractivity (Wildman–Crippen MR) is 139 cm³/mol. The number of rotatable bonds is 8. The van der Waals surface area contributed by atoms with E-state index in [0.717, 1.165) is 27.7 Å². The average molecular weight is 476 g/mol. The van der Waals surface area contributed by atoms with Gasteiger partial charge in [-0.05, 0) is 74.4 Å². The molecule has 3 aromatic heterocycles. The van der Waals surface area contributed by atoms with Gasteiger partial charge in [0.1, 0.15) is 11.5 Å². The Hall–Kier alpha value is -4.58. The highest BCUT2D eigenvalue weighted by Crippen LogP contribution is 2.33. The van der Waals surface area contributed by atoms with Crippen LogP contribution in [0, 0.1) is 6.92 Å². The molecule has 0 bridgehead atoms. The average Bonchev–Trinajstić information content (AvgIpc) is 3.40. The fourth-order valence-corrected chi connectivity index (χ4v) is 4.21. The Morgan fingerprint density at radius 2 is 1.78 bits per heavy atom. The van der Waals surface area contributed by atoms with Crippen LogP contribution in [0.2, 0.25) is 0 Å². The number of aromatic nitrogens is 3. The number of ketones is 2. The molecular weight excluding hydrogens is 450 g/mol. The number of carbonyl (C=O) groups is 2. The van der Waals surface area contributed by atoms with E-state index in [2.05, 4.69) is 9.97 Å². The van der Waals surface area contributed by atoms with Crippen LogP contribution in [0.15, 0.2) is 91.6 Å². The summed E-state index contributed by atoms with van der Waals surface area (Å²) in [5.74, 6) is 1.40. The van der Waals surface area contributed by atoms with Crippen LogP contribution < -0.4 is 4.74 Å². The van der Waals surface area contributed by atoms with Crippen LogP contribution in [0.3, 0.4) is 0 Å². The van der Waals surface area contributed by atoms with E-state index in [9.17, 15) is 9.59 Å². The van der Waals surface area contributed by atoms with Crippen LogP contribution in [-0.4, -0.2) is 26.1 Å². The summed E-state index contributed by atoms with van der Waals surface area (Å²) in [7, 11) is 0. The molecular formula is C30H25N3O3. The smallest absolute Gasteiger partial charge is 0.163 e. The lowest BCUT2D eigenvalue weighted by Gasteiger charge is -2.14. The predicted octanol–water partition coefficient (Wildman–Crippen LogP) is 6.54. The molecule has 0 aliphatic heterocycles. The molecule has 36 heavy (non-hydrogen) atoms. The van der Waals surface area contributed by atoms with Crippen LogP contribution in [-0.2, 0) is 6.42 Å². The van der Waals surface area contributed by atoms with Gasteiger partial charge in [-0.1, -0.05) is 12.1 Å². The number of hydrogen-bond donors (Lipinski definition) is 0. The number of hydrogen-bond acceptors (Lipinski definition) is 5. The summed E-state index contributed by atoms with van der Waals surface area (Å²) in [5, 5.41) is 0.856. The molecule has 3 heterocycles. The molecule has 0 aliphatic rings. The third-order valence-corrected chi connectivity index (χ3v) is 6.28. The Morgan fingerprint density at radius 1 is 0.944 bits per heavy atom. The van der Waals surface area contributed by atoms with Crippen molar-refractivity contribution in [2.24, 2.45) is 0 Å². The van der Waals surface area contributed by atoms with E-state index in [-0.39, 0.29) is 11.6 Å². The van der Waals surface area contributed by atoms with Crippen molar-refractivity contribution in [2.75, 3.05) is 0 Å². The van der Waals surface area contributed by atoms with Gasteiger partial charge in [-0.2, -0.15) is 0 Å². The second kappa shape index (κ2) is 9.96. The van der Waals surface area contributed by atoms with E-state index in [1.807, 2.05) is 78.5 Å². The monoisotopic (exact) mass is 475 g/mol. The molecule has 178 valence electrons. The van der Waals surface area contributed by atoms with Gasteiger partial charge in [0.25, 0.3) is 0 Å². The van der Waals surface area contributed by atoms with Crippen LogP contribution in [0.4, 0.5) is 0 Å². The largest absolute Gasteiger partial charge is 0.456 e. The summed E-state index contributed by atoms with van der Waals surface area (Å²) >= 11 is 0. The molecule has 6 heteroatoms. The Labute approximate surface area is 209 Å². The van der Waals surface area contributed by atoms with Crippen molar-refractivity contribution in [1.29, 1.82) is 0 Å². The van der Waals surface area contributed by atoms with Gasteiger partial charge in [-0.15, -0.1) is 0 Å². The fraction of sp³-hybridized carbons (Fsp3) is 0.133. The Morgan fingerprint density at radius 3 is 2.56 bits per heavy atom. The van der Waals surface area contributed by atoms with Crippen molar-refractivity contribution in [3.05, 3.63) is 114 Å². The summed E-state index contributed by atoms with van der Waals surface area (Å²) in [6.07, 6.45) is 9.94. The molecule has 0 atom stereocenters. The van der Waals surface area contributed by atoms with Gasteiger partial charge in [0.05, 0.1) is 5.52 Å². The zero-order valence-corrected chi connectivity index (χ0v) is 20.1. The number of aryl methyl sites for hydroxylation is 1. The summed E-state index contributed by atoms with van der Waals surface area (Å²) in [5.41, 5.74) is 4.89. The number of Topliss-reactive ketones (excluding diaryl/α,β-unsaturated/α-hetero) is 2. The van der Waals surface area contributed by atoms with Crippen molar-refractivity contribution in [3.8, 4) is 17.2 Å². The van der Waals surface area contributed by atoms with Gasteiger partial charge in [0.2, 0.25) is 0 Å². The molecule has 6 nitrogen and oxygen atoms in total. The molecule has 0 unspecified atom stereocenters. The third kappa shape index (κ3) is 4.79. The van der Waals surface area contributed by atoms with Crippen LogP contribution in [0.5, 0.6) is 11.5 Å².